The molecule has 0 amide bonds. The van der Waals surface area contributed by atoms with Gasteiger partial charge in [0.05, 0.1) is 21.1 Å². The van der Waals surface area contributed by atoms with Crippen LogP contribution in [0.5, 0.6) is 0 Å². The minimum Gasteiger partial charge on any atom is -0.459 e. The molecule has 0 radical (unpaired) electrons. The quantitative estimate of drug-likeness (QED) is 0.457. The zero-order chi connectivity index (χ0) is 21.9. The zero-order valence-corrected chi connectivity index (χ0v) is 17.5. The lowest BCUT2D eigenvalue weighted by Gasteiger charge is -2.34. The van der Waals surface area contributed by atoms with Crippen molar-refractivity contribution in [2.45, 2.75) is 37.0 Å². The maximum absolute atomic E-state index is 13.4. The fourth-order valence-corrected chi connectivity index (χ4v) is 3.70. The first-order chi connectivity index (χ1) is 14.1. The van der Waals surface area contributed by atoms with E-state index < -0.39 is 23.2 Å². The summed E-state index contributed by atoms with van der Waals surface area (Å²) in [7, 11) is 6.23. The first kappa shape index (κ1) is 22.1. The number of aliphatic hydroxyl groups is 1. The highest BCUT2D eigenvalue weighted by molar-refractivity contribution is 5.85. The van der Waals surface area contributed by atoms with Gasteiger partial charge in [-0.3, -0.25) is 0 Å². The third-order valence-electron chi connectivity index (χ3n) is 5.61. The van der Waals surface area contributed by atoms with Gasteiger partial charge in [-0.2, -0.15) is 0 Å². The number of rotatable bonds is 5. The van der Waals surface area contributed by atoms with E-state index in [0.29, 0.717) is 17.3 Å². The van der Waals surface area contributed by atoms with Gasteiger partial charge in [0.2, 0.25) is 5.60 Å². The number of nitrogens with zero attached hydrogens (tertiary/aromatic N) is 1. The molecule has 0 heterocycles. The van der Waals surface area contributed by atoms with Crippen molar-refractivity contribution < 1.29 is 27.9 Å². The van der Waals surface area contributed by atoms with Gasteiger partial charge in [-0.1, -0.05) is 30.3 Å². The standard InChI is InChI=1S/C24H28F2NO3/c1-27(2,3)21-6-4-5-7-22(16-21)30-23(28)24(29,17-8-12-19(25)13-9-17)18-10-14-20(26)15-11-18/h4,6,8-15,21-22,29H,5,7,16H2,1-3H3/q+1/t21?,22-/m1/s1. The highest BCUT2D eigenvalue weighted by Crippen LogP contribution is 2.33. The molecule has 2 aromatic rings. The Kier molecular flexibility index (Phi) is 6.38. The largest absolute Gasteiger partial charge is 0.459 e. The SMILES string of the molecule is C[N+](C)(C)C1C=CCC[C@@H](OC(=O)C(O)(c2ccc(F)cc2)c2ccc(F)cc2)C1. The summed E-state index contributed by atoms with van der Waals surface area (Å²) in [5.74, 6) is -1.84. The average molecular weight is 416 g/mol. The van der Waals surface area contributed by atoms with Crippen molar-refractivity contribution >= 4 is 5.97 Å². The number of hydrogen-bond donors (Lipinski definition) is 1. The predicted molar refractivity (Wildman–Crippen MR) is 110 cm³/mol. The topological polar surface area (TPSA) is 46.5 Å². The second-order valence-electron chi connectivity index (χ2n) is 8.68. The minimum atomic E-state index is -2.17. The van der Waals surface area contributed by atoms with Gasteiger partial charge < -0.3 is 14.3 Å². The van der Waals surface area contributed by atoms with Crippen LogP contribution in [-0.2, 0) is 15.1 Å². The normalized spacial score (nSPS) is 19.9. The number of carbonyl (C=O) groups excluding carboxylic acids is 1. The van der Waals surface area contributed by atoms with Crippen LogP contribution in [0, 0.1) is 11.6 Å². The van der Waals surface area contributed by atoms with Crippen LogP contribution in [0.25, 0.3) is 0 Å². The van der Waals surface area contributed by atoms with Crippen LogP contribution in [0.1, 0.15) is 30.4 Å². The van der Waals surface area contributed by atoms with E-state index in [1.54, 1.807) is 0 Å². The Morgan fingerprint density at radius 2 is 1.50 bits per heavy atom. The van der Waals surface area contributed by atoms with E-state index in [1.807, 2.05) is 0 Å². The molecule has 0 bridgehead atoms. The van der Waals surface area contributed by atoms with Gasteiger partial charge in [0.15, 0.2) is 0 Å². The van der Waals surface area contributed by atoms with Crippen LogP contribution >= 0.6 is 0 Å². The zero-order valence-electron chi connectivity index (χ0n) is 17.5. The van der Waals surface area contributed by atoms with E-state index in [1.165, 1.54) is 48.5 Å². The van der Waals surface area contributed by atoms with E-state index in [0.717, 1.165) is 6.42 Å². The van der Waals surface area contributed by atoms with Crippen molar-refractivity contribution in [1.29, 1.82) is 0 Å². The summed E-state index contributed by atoms with van der Waals surface area (Å²) in [6, 6.07) is 10.2. The second kappa shape index (κ2) is 8.66. The van der Waals surface area contributed by atoms with Crippen LogP contribution < -0.4 is 0 Å². The Bertz CT molecular complexity index is 856. The molecule has 3 rings (SSSR count). The van der Waals surface area contributed by atoms with Gasteiger partial charge in [-0.15, -0.1) is 0 Å². The number of likely N-dealkylation sites (N-methyl/N-ethyl adjacent to an activating group) is 1. The summed E-state index contributed by atoms with van der Waals surface area (Å²) in [4.78, 5) is 13.3. The molecule has 4 nitrogen and oxygen atoms in total. The lowest BCUT2D eigenvalue weighted by Crippen LogP contribution is -2.46. The molecule has 1 N–H and O–H groups in total. The highest BCUT2D eigenvalue weighted by Gasteiger charge is 2.43. The minimum absolute atomic E-state index is 0.162. The molecule has 0 aliphatic heterocycles. The van der Waals surface area contributed by atoms with E-state index in [4.69, 9.17) is 4.74 Å². The number of ether oxygens (including phenoxy) is 1. The number of benzene rings is 2. The molecular formula is C24H28F2NO3+. The number of carbonyl (C=O) groups is 1. The van der Waals surface area contributed by atoms with Crippen LogP contribution in [0.15, 0.2) is 60.7 Å². The highest BCUT2D eigenvalue weighted by atomic mass is 19.1. The Morgan fingerprint density at radius 3 is 1.97 bits per heavy atom. The summed E-state index contributed by atoms with van der Waals surface area (Å²) in [6.07, 6.45) is 5.87. The van der Waals surface area contributed by atoms with Gasteiger partial charge in [0.25, 0.3) is 0 Å². The van der Waals surface area contributed by atoms with E-state index in [9.17, 15) is 18.7 Å². The predicted octanol–water partition coefficient (Wildman–Crippen LogP) is 3.93. The van der Waals surface area contributed by atoms with E-state index >= 15 is 0 Å². The summed E-state index contributed by atoms with van der Waals surface area (Å²) in [5.41, 5.74) is -1.85. The van der Waals surface area contributed by atoms with Crippen LogP contribution in [0.2, 0.25) is 0 Å². The molecule has 2 atom stereocenters. The number of hydrogen-bond acceptors (Lipinski definition) is 3. The summed E-state index contributed by atoms with van der Waals surface area (Å²) < 4.78 is 33.4. The maximum atomic E-state index is 13.4. The molecule has 1 aliphatic rings. The van der Waals surface area contributed by atoms with Crippen molar-refractivity contribution in [2.24, 2.45) is 0 Å². The Balaban J connectivity index is 1.92. The number of allylic oxidation sites excluding steroid dienone is 1. The molecule has 0 saturated heterocycles. The lowest BCUT2D eigenvalue weighted by molar-refractivity contribution is -0.889. The van der Waals surface area contributed by atoms with Crippen molar-refractivity contribution in [3.05, 3.63) is 83.4 Å². The molecule has 0 saturated carbocycles. The van der Waals surface area contributed by atoms with Crippen molar-refractivity contribution in [2.75, 3.05) is 21.1 Å². The third-order valence-corrected chi connectivity index (χ3v) is 5.61. The fraction of sp³-hybridized carbons (Fsp3) is 0.375. The Morgan fingerprint density at radius 1 is 1.00 bits per heavy atom. The summed E-state index contributed by atoms with van der Waals surface area (Å²) >= 11 is 0. The third kappa shape index (κ3) is 4.77. The number of quaternary nitrogens is 1. The first-order valence-electron chi connectivity index (χ1n) is 10.0. The molecule has 1 aliphatic carbocycles. The number of halogens is 2. The number of esters is 1. The average Bonchev–Trinajstić information content (AvgIpc) is 2.94. The van der Waals surface area contributed by atoms with Gasteiger partial charge in [-0.05, 0) is 54.3 Å². The summed E-state index contributed by atoms with van der Waals surface area (Å²) in [6.45, 7) is 0. The van der Waals surface area contributed by atoms with Gasteiger partial charge in [0, 0.05) is 6.42 Å². The van der Waals surface area contributed by atoms with E-state index in [2.05, 4.69) is 33.3 Å². The molecule has 0 aromatic heterocycles. The van der Waals surface area contributed by atoms with Crippen LogP contribution in [-0.4, -0.2) is 48.8 Å². The monoisotopic (exact) mass is 416 g/mol. The molecule has 30 heavy (non-hydrogen) atoms. The fourth-order valence-electron chi connectivity index (χ4n) is 3.70. The van der Waals surface area contributed by atoms with Gasteiger partial charge in [-0.25, -0.2) is 13.6 Å². The Labute approximate surface area is 176 Å². The molecule has 2 aromatic carbocycles. The van der Waals surface area contributed by atoms with Crippen molar-refractivity contribution in [1.82, 2.24) is 0 Å². The lowest BCUT2D eigenvalue weighted by atomic mass is 9.86. The molecular weight excluding hydrogens is 388 g/mol. The van der Waals surface area contributed by atoms with Crippen LogP contribution in [0.3, 0.4) is 0 Å². The van der Waals surface area contributed by atoms with E-state index in [-0.39, 0.29) is 23.3 Å². The second-order valence-corrected chi connectivity index (χ2v) is 8.68. The van der Waals surface area contributed by atoms with Gasteiger partial charge >= 0.3 is 5.97 Å². The maximum Gasteiger partial charge on any atom is 0.347 e. The molecule has 0 fully saturated rings. The summed E-state index contributed by atoms with van der Waals surface area (Å²) in [5, 5.41) is 11.5. The molecule has 0 spiro atoms. The molecule has 1 unspecified atom stereocenters. The molecule has 160 valence electrons. The smallest absolute Gasteiger partial charge is 0.347 e. The molecule has 6 heteroatoms. The first-order valence-corrected chi connectivity index (χ1v) is 10.0. The Hall–Kier alpha value is -2.57. The van der Waals surface area contributed by atoms with Crippen molar-refractivity contribution in [3.8, 4) is 0 Å². The van der Waals surface area contributed by atoms with Gasteiger partial charge in [0.1, 0.15) is 23.8 Å². The van der Waals surface area contributed by atoms with Crippen molar-refractivity contribution in [3.63, 3.8) is 0 Å². The van der Waals surface area contributed by atoms with Crippen LogP contribution in [0.4, 0.5) is 8.78 Å².